The summed E-state index contributed by atoms with van der Waals surface area (Å²) in [5, 5.41) is 0. The number of pyridine rings is 1. The van der Waals surface area contributed by atoms with Crippen LogP contribution in [0.3, 0.4) is 0 Å². The standard InChI is InChI=1S/C11H17ClN2O2S/c1-9(7-12)8-17(15,16)14-10(2)11-5-3-4-6-13-11/h3-6,9-10,14H,7-8H2,1-2H3. The van der Waals surface area contributed by atoms with Gasteiger partial charge in [0, 0.05) is 12.1 Å². The van der Waals surface area contributed by atoms with Crippen LogP contribution in [0, 0.1) is 5.92 Å². The van der Waals surface area contributed by atoms with Crippen molar-refractivity contribution in [1.29, 1.82) is 0 Å². The number of hydrogen-bond donors (Lipinski definition) is 1. The lowest BCUT2D eigenvalue weighted by molar-refractivity contribution is 0.552. The van der Waals surface area contributed by atoms with Crippen LogP contribution in [-0.4, -0.2) is 25.0 Å². The second kappa shape index (κ2) is 6.33. The average molecular weight is 277 g/mol. The highest BCUT2D eigenvalue weighted by Crippen LogP contribution is 2.11. The topological polar surface area (TPSA) is 59.1 Å². The van der Waals surface area contributed by atoms with Gasteiger partial charge in [0.2, 0.25) is 10.0 Å². The van der Waals surface area contributed by atoms with Gasteiger partial charge in [0.05, 0.1) is 17.5 Å². The molecule has 0 fully saturated rings. The Labute approximate surface area is 107 Å². The predicted molar refractivity (Wildman–Crippen MR) is 69.5 cm³/mol. The Kier molecular flexibility index (Phi) is 5.36. The molecule has 0 aromatic carbocycles. The van der Waals surface area contributed by atoms with Gasteiger partial charge in [-0.2, -0.15) is 0 Å². The maximum Gasteiger partial charge on any atom is 0.212 e. The van der Waals surface area contributed by atoms with Crippen LogP contribution in [0.2, 0.25) is 0 Å². The van der Waals surface area contributed by atoms with Crippen molar-refractivity contribution in [3.8, 4) is 0 Å². The lowest BCUT2D eigenvalue weighted by Crippen LogP contribution is -2.32. The molecule has 1 rings (SSSR count). The zero-order chi connectivity index (χ0) is 12.9. The van der Waals surface area contributed by atoms with Crippen LogP contribution < -0.4 is 4.72 Å². The molecule has 1 aromatic heterocycles. The van der Waals surface area contributed by atoms with E-state index in [-0.39, 0.29) is 17.7 Å². The quantitative estimate of drug-likeness (QED) is 0.808. The van der Waals surface area contributed by atoms with E-state index in [1.165, 1.54) is 0 Å². The number of aromatic nitrogens is 1. The summed E-state index contributed by atoms with van der Waals surface area (Å²) >= 11 is 5.61. The van der Waals surface area contributed by atoms with Gasteiger partial charge in [-0.05, 0) is 25.0 Å². The van der Waals surface area contributed by atoms with Crippen molar-refractivity contribution in [3.05, 3.63) is 30.1 Å². The van der Waals surface area contributed by atoms with Crippen LogP contribution in [0.15, 0.2) is 24.4 Å². The van der Waals surface area contributed by atoms with E-state index in [0.717, 1.165) is 0 Å². The molecule has 0 saturated heterocycles. The van der Waals surface area contributed by atoms with Crippen molar-refractivity contribution in [2.45, 2.75) is 19.9 Å². The first-order chi connectivity index (χ1) is 7.94. The molecule has 17 heavy (non-hydrogen) atoms. The van der Waals surface area contributed by atoms with Crippen molar-refractivity contribution in [1.82, 2.24) is 9.71 Å². The summed E-state index contributed by atoms with van der Waals surface area (Å²) < 4.78 is 26.2. The summed E-state index contributed by atoms with van der Waals surface area (Å²) in [4.78, 5) is 4.11. The Morgan fingerprint density at radius 3 is 2.65 bits per heavy atom. The highest BCUT2D eigenvalue weighted by Gasteiger charge is 2.19. The SMILES string of the molecule is CC(CCl)CS(=O)(=O)NC(C)c1ccccn1. The van der Waals surface area contributed by atoms with Gasteiger partial charge in [-0.1, -0.05) is 13.0 Å². The summed E-state index contributed by atoms with van der Waals surface area (Å²) in [5.41, 5.74) is 0.703. The Balaban J connectivity index is 2.65. The summed E-state index contributed by atoms with van der Waals surface area (Å²) in [6.45, 7) is 3.57. The van der Waals surface area contributed by atoms with Gasteiger partial charge in [-0.3, -0.25) is 4.98 Å². The molecule has 1 aromatic rings. The molecule has 0 saturated carbocycles. The third kappa shape index (κ3) is 5.02. The molecular formula is C11H17ClN2O2S. The molecule has 0 bridgehead atoms. The number of nitrogens with zero attached hydrogens (tertiary/aromatic N) is 1. The lowest BCUT2D eigenvalue weighted by atomic mass is 10.2. The summed E-state index contributed by atoms with van der Waals surface area (Å²) in [6.07, 6.45) is 1.64. The number of alkyl halides is 1. The largest absolute Gasteiger partial charge is 0.260 e. The molecule has 0 aliphatic rings. The molecule has 0 aliphatic carbocycles. The van der Waals surface area contributed by atoms with Gasteiger partial charge in [0.25, 0.3) is 0 Å². The van der Waals surface area contributed by atoms with Gasteiger partial charge < -0.3 is 0 Å². The van der Waals surface area contributed by atoms with E-state index in [9.17, 15) is 8.42 Å². The van der Waals surface area contributed by atoms with Crippen LogP contribution in [0.25, 0.3) is 0 Å². The first-order valence-electron chi connectivity index (χ1n) is 5.41. The molecule has 2 unspecified atom stereocenters. The fourth-order valence-electron chi connectivity index (χ4n) is 1.43. The third-order valence-corrected chi connectivity index (χ3v) is 4.50. The van der Waals surface area contributed by atoms with E-state index in [1.807, 2.05) is 6.07 Å². The van der Waals surface area contributed by atoms with Crippen molar-refractivity contribution in [2.75, 3.05) is 11.6 Å². The highest BCUT2D eigenvalue weighted by molar-refractivity contribution is 7.89. The Morgan fingerprint density at radius 2 is 2.12 bits per heavy atom. The lowest BCUT2D eigenvalue weighted by Gasteiger charge is -2.15. The van der Waals surface area contributed by atoms with Gasteiger partial charge in [0.15, 0.2) is 0 Å². The van der Waals surface area contributed by atoms with E-state index in [1.54, 1.807) is 32.2 Å². The fraction of sp³-hybridized carbons (Fsp3) is 0.545. The monoisotopic (exact) mass is 276 g/mol. The van der Waals surface area contributed by atoms with E-state index in [2.05, 4.69) is 9.71 Å². The number of halogens is 1. The molecule has 0 radical (unpaired) electrons. The van der Waals surface area contributed by atoms with Crippen molar-refractivity contribution >= 4 is 21.6 Å². The van der Waals surface area contributed by atoms with Crippen molar-refractivity contribution < 1.29 is 8.42 Å². The van der Waals surface area contributed by atoms with Crippen molar-refractivity contribution in [2.24, 2.45) is 5.92 Å². The van der Waals surface area contributed by atoms with E-state index in [4.69, 9.17) is 11.6 Å². The minimum Gasteiger partial charge on any atom is -0.260 e. The Bertz CT molecular complexity index is 436. The number of nitrogens with one attached hydrogen (secondary N) is 1. The molecule has 0 aliphatic heterocycles. The van der Waals surface area contributed by atoms with Crippen LogP contribution in [0.1, 0.15) is 25.6 Å². The molecule has 0 spiro atoms. The first-order valence-corrected chi connectivity index (χ1v) is 7.60. The number of hydrogen-bond acceptors (Lipinski definition) is 3. The normalized spacial score (nSPS) is 15.5. The maximum atomic E-state index is 11.8. The molecule has 6 heteroatoms. The van der Waals surface area contributed by atoms with Gasteiger partial charge >= 0.3 is 0 Å². The minimum atomic E-state index is -3.31. The molecule has 2 atom stereocenters. The summed E-state index contributed by atoms with van der Waals surface area (Å²) in [5.74, 6) is 0.303. The molecular weight excluding hydrogens is 260 g/mol. The van der Waals surface area contributed by atoms with E-state index < -0.39 is 10.0 Å². The Morgan fingerprint density at radius 1 is 1.41 bits per heavy atom. The minimum absolute atomic E-state index is 0.0354. The number of rotatable bonds is 6. The fourth-order valence-corrected chi connectivity index (χ4v) is 3.29. The van der Waals surface area contributed by atoms with Crippen molar-refractivity contribution in [3.63, 3.8) is 0 Å². The van der Waals surface area contributed by atoms with Gasteiger partial charge in [0.1, 0.15) is 0 Å². The molecule has 96 valence electrons. The molecule has 4 nitrogen and oxygen atoms in total. The molecule has 0 amide bonds. The van der Waals surface area contributed by atoms with E-state index in [0.29, 0.717) is 11.6 Å². The second-order valence-electron chi connectivity index (χ2n) is 4.14. The summed E-state index contributed by atoms with van der Waals surface area (Å²) in [6, 6.07) is 5.08. The summed E-state index contributed by atoms with van der Waals surface area (Å²) in [7, 11) is -3.31. The van der Waals surface area contributed by atoms with Gasteiger partial charge in [-0.15, -0.1) is 11.6 Å². The van der Waals surface area contributed by atoms with Crippen LogP contribution in [0.5, 0.6) is 0 Å². The zero-order valence-electron chi connectivity index (χ0n) is 9.93. The highest BCUT2D eigenvalue weighted by atomic mass is 35.5. The Hall–Kier alpha value is -0.650. The smallest absolute Gasteiger partial charge is 0.212 e. The maximum absolute atomic E-state index is 11.8. The molecule has 1 heterocycles. The zero-order valence-corrected chi connectivity index (χ0v) is 11.5. The third-order valence-electron chi connectivity index (χ3n) is 2.26. The predicted octanol–water partition coefficient (Wildman–Crippen LogP) is 1.94. The average Bonchev–Trinajstić information content (AvgIpc) is 2.28. The second-order valence-corrected chi connectivity index (χ2v) is 6.24. The molecule has 1 N–H and O–H groups in total. The number of sulfonamides is 1. The van der Waals surface area contributed by atoms with Crippen LogP contribution >= 0.6 is 11.6 Å². The van der Waals surface area contributed by atoms with E-state index >= 15 is 0 Å². The van der Waals surface area contributed by atoms with Gasteiger partial charge in [-0.25, -0.2) is 13.1 Å². The van der Waals surface area contributed by atoms with Crippen LogP contribution in [0.4, 0.5) is 0 Å². The first kappa shape index (κ1) is 14.4. The van der Waals surface area contributed by atoms with Crippen LogP contribution in [-0.2, 0) is 10.0 Å².